The second-order valence-corrected chi connectivity index (χ2v) is 2.99. The Hall–Kier alpha value is -1.14. The van der Waals surface area contributed by atoms with Crippen molar-refractivity contribution in [1.29, 1.82) is 0 Å². The van der Waals surface area contributed by atoms with Crippen LogP contribution in [0.3, 0.4) is 0 Å². The minimum Gasteiger partial charge on any atom is -0.480 e. The maximum absolute atomic E-state index is 11.1. The number of nitrogens with zero attached hydrogens (tertiary/aromatic N) is 1. The third kappa shape index (κ3) is 1.96. The lowest BCUT2D eigenvalue weighted by Crippen LogP contribution is -2.43. The second kappa shape index (κ2) is 3.71. The minimum atomic E-state index is -1.10. The topological polar surface area (TPSA) is 104 Å². The van der Waals surface area contributed by atoms with Gasteiger partial charge in [0, 0.05) is 13.0 Å². The van der Waals surface area contributed by atoms with Gasteiger partial charge in [0.25, 0.3) is 0 Å². The molecule has 1 amide bonds. The van der Waals surface area contributed by atoms with E-state index in [2.05, 4.69) is 0 Å². The van der Waals surface area contributed by atoms with Crippen LogP contribution in [-0.2, 0) is 9.59 Å². The highest BCUT2D eigenvalue weighted by Crippen LogP contribution is 2.17. The number of aliphatic carboxylic acids is 1. The summed E-state index contributed by atoms with van der Waals surface area (Å²) in [7, 11) is 0. The lowest BCUT2D eigenvalue weighted by atomic mass is 10.2. The van der Waals surface area contributed by atoms with E-state index in [1.165, 1.54) is 0 Å². The van der Waals surface area contributed by atoms with Crippen LogP contribution in [0.15, 0.2) is 0 Å². The first kappa shape index (κ1) is 9.94. The first-order valence-corrected chi connectivity index (χ1v) is 3.96. The van der Waals surface area contributed by atoms with Crippen molar-refractivity contribution in [1.82, 2.24) is 4.90 Å². The van der Waals surface area contributed by atoms with Crippen LogP contribution in [-0.4, -0.2) is 52.2 Å². The molecule has 0 radical (unpaired) electrons. The van der Waals surface area contributed by atoms with Crippen molar-refractivity contribution in [2.75, 3.05) is 13.1 Å². The van der Waals surface area contributed by atoms with Gasteiger partial charge in [0.1, 0.15) is 6.04 Å². The molecular formula is C7H12N2O4. The molecule has 0 aromatic carbocycles. The summed E-state index contributed by atoms with van der Waals surface area (Å²) in [6.45, 7) is -0.163. The quantitative estimate of drug-likeness (QED) is 0.464. The second-order valence-electron chi connectivity index (χ2n) is 2.99. The summed E-state index contributed by atoms with van der Waals surface area (Å²) in [4.78, 5) is 22.8. The van der Waals surface area contributed by atoms with Crippen molar-refractivity contribution >= 4 is 11.9 Å². The Balaban J connectivity index is 2.71. The molecule has 0 spiro atoms. The Bertz CT molecular complexity index is 231. The largest absolute Gasteiger partial charge is 0.480 e. The van der Waals surface area contributed by atoms with Gasteiger partial charge in [-0.15, -0.1) is 0 Å². The molecule has 1 heterocycles. The molecule has 4 N–H and O–H groups in total. The number of carbonyl (C=O) groups excluding carboxylic acids is 1. The van der Waals surface area contributed by atoms with Crippen LogP contribution in [0.2, 0.25) is 0 Å². The molecule has 1 aliphatic rings. The summed E-state index contributed by atoms with van der Waals surface area (Å²) in [5.74, 6) is -1.54. The molecule has 13 heavy (non-hydrogen) atoms. The molecule has 0 bridgehead atoms. The van der Waals surface area contributed by atoms with Gasteiger partial charge in [-0.25, -0.2) is 4.79 Å². The molecule has 0 aromatic rings. The predicted molar refractivity (Wildman–Crippen MR) is 42.8 cm³/mol. The number of carbonyl (C=O) groups is 2. The number of carboxylic acid groups (broad SMARTS) is 1. The predicted octanol–water partition coefficient (Wildman–Crippen LogP) is -2.01. The number of likely N-dealkylation sites (tertiary alicyclic amines) is 1. The lowest BCUT2D eigenvalue weighted by molar-refractivity contribution is -0.147. The number of amides is 1. The van der Waals surface area contributed by atoms with Crippen LogP contribution < -0.4 is 5.73 Å². The molecule has 6 nitrogen and oxygen atoms in total. The van der Waals surface area contributed by atoms with Gasteiger partial charge in [0.05, 0.1) is 12.6 Å². The van der Waals surface area contributed by atoms with Crippen LogP contribution in [0.1, 0.15) is 6.42 Å². The third-order valence-electron chi connectivity index (χ3n) is 2.06. The van der Waals surface area contributed by atoms with Gasteiger partial charge in [-0.1, -0.05) is 0 Å². The van der Waals surface area contributed by atoms with Crippen molar-refractivity contribution in [2.24, 2.45) is 5.73 Å². The zero-order valence-corrected chi connectivity index (χ0v) is 7.01. The van der Waals surface area contributed by atoms with E-state index in [-0.39, 0.29) is 19.5 Å². The number of hydrogen-bond donors (Lipinski definition) is 3. The molecule has 1 rings (SSSR count). The Labute approximate surface area is 74.9 Å². The van der Waals surface area contributed by atoms with E-state index < -0.39 is 24.0 Å². The van der Waals surface area contributed by atoms with Gasteiger partial charge in [-0.3, -0.25) is 4.79 Å². The maximum Gasteiger partial charge on any atom is 0.326 e. The van der Waals surface area contributed by atoms with Gasteiger partial charge in [0.15, 0.2) is 0 Å². The molecule has 74 valence electrons. The van der Waals surface area contributed by atoms with Gasteiger partial charge in [0.2, 0.25) is 5.91 Å². The number of carboxylic acids is 1. The number of rotatable bonds is 2. The summed E-state index contributed by atoms with van der Waals surface area (Å²) in [5.41, 5.74) is 5.09. The van der Waals surface area contributed by atoms with Crippen molar-refractivity contribution in [3.05, 3.63) is 0 Å². The molecule has 0 saturated carbocycles. The molecule has 0 aromatic heterocycles. The molecule has 2 atom stereocenters. The molecule has 1 fully saturated rings. The fourth-order valence-electron chi connectivity index (χ4n) is 1.44. The van der Waals surface area contributed by atoms with E-state index in [1.54, 1.807) is 0 Å². The molecule has 0 aliphatic carbocycles. The Kier molecular flexibility index (Phi) is 2.84. The summed E-state index contributed by atoms with van der Waals surface area (Å²) < 4.78 is 0. The van der Waals surface area contributed by atoms with Gasteiger partial charge in [-0.2, -0.15) is 0 Å². The number of nitrogens with two attached hydrogens (primary N) is 1. The summed E-state index contributed by atoms with van der Waals surface area (Å²) in [6, 6.07) is -0.925. The van der Waals surface area contributed by atoms with Crippen LogP contribution in [0.25, 0.3) is 0 Å². The van der Waals surface area contributed by atoms with Crippen molar-refractivity contribution in [2.45, 2.75) is 18.6 Å². The van der Waals surface area contributed by atoms with Crippen LogP contribution >= 0.6 is 0 Å². The van der Waals surface area contributed by atoms with Crippen LogP contribution in [0, 0.1) is 0 Å². The monoisotopic (exact) mass is 188 g/mol. The van der Waals surface area contributed by atoms with Crippen LogP contribution in [0.5, 0.6) is 0 Å². The van der Waals surface area contributed by atoms with Crippen molar-refractivity contribution < 1.29 is 19.8 Å². The summed E-state index contributed by atoms with van der Waals surface area (Å²) in [5, 5.41) is 17.9. The lowest BCUT2D eigenvalue weighted by Gasteiger charge is -2.19. The normalized spacial score (nSPS) is 27.7. The highest BCUT2D eigenvalue weighted by Gasteiger charge is 2.38. The summed E-state index contributed by atoms with van der Waals surface area (Å²) in [6.07, 6.45) is -0.669. The number of β-amino-alcohol motifs (C(OH)–C–C–N with tert-alkyl or cyclic N) is 1. The summed E-state index contributed by atoms with van der Waals surface area (Å²) >= 11 is 0. The molecule has 6 heteroatoms. The van der Waals surface area contributed by atoms with E-state index in [1.807, 2.05) is 0 Å². The van der Waals surface area contributed by atoms with E-state index in [9.17, 15) is 9.59 Å². The Morgan fingerprint density at radius 3 is 2.62 bits per heavy atom. The van der Waals surface area contributed by atoms with Gasteiger partial charge in [-0.05, 0) is 0 Å². The fourth-order valence-corrected chi connectivity index (χ4v) is 1.44. The highest BCUT2D eigenvalue weighted by molar-refractivity contribution is 5.85. The molecule has 1 saturated heterocycles. The molecule has 1 aliphatic heterocycles. The first-order valence-electron chi connectivity index (χ1n) is 3.96. The van der Waals surface area contributed by atoms with Gasteiger partial charge < -0.3 is 20.8 Å². The van der Waals surface area contributed by atoms with Crippen molar-refractivity contribution in [3.63, 3.8) is 0 Å². The Morgan fingerprint density at radius 1 is 1.54 bits per heavy atom. The standard InChI is InChI=1S/C7H12N2O4/c8-2-6(11)9-3-4(10)1-5(9)7(12)13/h4-5,10H,1-3,8H2,(H,12,13)/t4-,5?/m1/s1. The van der Waals surface area contributed by atoms with E-state index in [0.717, 1.165) is 4.90 Å². The zero-order valence-electron chi connectivity index (χ0n) is 7.01. The number of aliphatic hydroxyl groups excluding tert-OH is 1. The maximum atomic E-state index is 11.1. The van der Waals surface area contributed by atoms with Gasteiger partial charge >= 0.3 is 5.97 Å². The van der Waals surface area contributed by atoms with E-state index in [0.29, 0.717) is 0 Å². The molecule has 1 unspecified atom stereocenters. The minimum absolute atomic E-state index is 0.0625. The van der Waals surface area contributed by atoms with E-state index >= 15 is 0 Å². The third-order valence-corrected chi connectivity index (χ3v) is 2.06. The SMILES string of the molecule is NCC(=O)N1C[C@H](O)CC1C(=O)O. The number of hydrogen-bond acceptors (Lipinski definition) is 4. The van der Waals surface area contributed by atoms with Crippen molar-refractivity contribution in [3.8, 4) is 0 Å². The zero-order chi connectivity index (χ0) is 10.0. The number of aliphatic hydroxyl groups is 1. The first-order chi connectivity index (χ1) is 6.06. The highest BCUT2D eigenvalue weighted by atomic mass is 16.4. The van der Waals surface area contributed by atoms with E-state index in [4.69, 9.17) is 15.9 Å². The fraction of sp³-hybridized carbons (Fsp3) is 0.714. The smallest absolute Gasteiger partial charge is 0.326 e. The average Bonchev–Trinajstić information content (AvgIpc) is 2.46. The average molecular weight is 188 g/mol. The Morgan fingerprint density at radius 2 is 2.15 bits per heavy atom. The molecular weight excluding hydrogens is 176 g/mol. The van der Waals surface area contributed by atoms with Crippen LogP contribution in [0.4, 0.5) is 0 Å².